The summed E-state index contributed by atoms with van der Waals surface area (Å²) in [5.41, 5.74) is 1.33. The highest BCUT2D eigenvalue weighted by Gasteiger charge is 2.32. The Morgan fingerprint density at radius 3 is 2.55 bits per heavy atom. The first-order valence-corrected chi connectivity index (χ1v) is 8.28. The van der Waals surface area contributed by atoms with Crippen LogP contribution in [0.25, 0.3) is 0 Å². The average molecular weight is 413 g/mol. The van der Waals surface area contributed by atoms with Crippen LogP contribution < -0.4 is 5.32 Å². The molecule has 0 saturated carbocycles. The van der Waals surface area contributed by atoms with Gasteiger partial charge in [-0.25, -0.2) is 4.98 Å². The maximum absolute atomic E-state index is 5.55. The van der Waals surface area contributed by atoms with Gasteiger partial charge in [-0.05, 0) is 40.8 Å². The Morgan fingerprint density at radius 1 is 1.23 bits per heavy atom. The van der Waals surface area contributed by atoms with Gasteiger partial charge in [-0.1, -0.05) is 6.07 Å². The largest absolute Gasteiger partial charge is 0.381 e. The molecule has 7 heteroatoms. The SMILES string of the molecule is Brc1ncccc1[C@@H](C1CCOCC1)N1CCNCC1.Cl.Cl. The van der Waals surface area contributed by atoms with E-state index in [1.807, 2.05) is 6.20 Å². The predicted octanol–water partition coefficient (Wildman–Crippen LogP) is 3.06. The third-order valence-corrected chi connectivity index (χ3v) is 5.03. The van der Waals surface area contributed by atoms with Gasteiger partial charge in [-0.3, -0.25) is 4.90 Å². The quantitative estimate of drug-likeness (QED) is 0.774. The summed E-state index contributed by atoms with van der Waals surface area (Å²) in [5.74, 6) is 0.669. The summed E-state index contributed by atoms with van der Waals surface area (Å²) in [6.45, 7) is 6.18. The van der Waals surface area contributed by atoms with Gasteiger partial charge in [-0.15, -0.1) is 24.8 Å². The fourth-order valence-corrected chi connectivity index (χ4v) is 3.84. The first-order chi connectivity index (χ1) is 9.86. The van der Waals surface area contributed by atoms with Crippen LogP contribution in [0.5, 0.6) is 0 Å². The molecule has 0 unspecified atom stereocenters. The molecule has 1 atom stereocenters. The van der Waals surface area contributed by atoms with Crippen molar-refractivity contribution in [2.45, 2.75) is 18.9 Å². The summed E-state index contributed by atoms with van der Waals surface area (Å²) in [6, 6.07) is 4.73. The maximum Gasteiger partial charge on any atom is 0.110 e. The van der Waals surface area contributed by atoms with Gasteiger partial charge in [0.25, 0.3) is 0 Å². The zero-order chi connectivity index (χ0) is 13.8. The van der Waals surface area contributed by atoms with E-state index >= 15 is 0 Å². The normalized spacial score (nSPS) is 21.5. The highest BCUT2D eigenvalue weighted by Crippen LogP contribution is 2.37. The van der Waals surface area contributed by atoms with E-state index < -0.39 is 0 Å². The second kappa shape index (κ2) is 10.1. The third-order valence-electron chi connectivity index (χ3n) is 4.36. The first kappa shape index (κ1) is 20.1. The van der Waals surface area contributed by atoms with Crippen molar-refractivity contribution in [2.24, 2.45) is 5.92 Å². The Bertz CT molecular complexity index is 423. The molecule has 1 aromatic heterocycles. The number of nitrogens with one attached hydrogen (secondary N) is 1. The van der Waals surface area contributed by atoms with Gasteiger partial charge in [0, 0.05) is 57.2 Å². The zero-order valence-corrected chi connectivity index (χ0v) is 15.8. The monoisotopic (exact) mass is 411 g/mol. The summed E-state index contributed by atoms with van der Waals surface area (Å²) in [4.78, 5) is 7.05. The lowest BCUT2D eigenvalue weighted by molar-refractivity contribution is 0.0210. The van der Waals surface area contributed by atoms with Gasteiger partial charge in [-0.2, -0.15) is 0 Å². The summed E-state index contributed by atoms with van der Waals surface area (Å²) in [5, 5.41) is 3.44. The molecule has 2 aliphatic heterocycles. The van der Waals surface area contributed by atoms with Crippen LogP contribution >= 0.6 is 40.7 Å². The van der Waals surface area contributed by atoms with E-state index in [2.05, 4.69) is 43.3 Å². The number of nitrogens with zero attached hydrogens (tertiary/aromatic N) is 2. The molecule has 1 aromatic rings. The summed E-state index contributed by atoms with van der Waals surface area (Å²) in [7, 11) is 0. The zero-order valence-electron chi connectivity index (χ0n) is 12.5. The molecule has 0 amide bonds. The van der Waals surface area contributed by atoms with Crippen molar-refractivity contribution in [1.29, 1.82) is 0 Å². The molecule has 1 N–H and O–H groups in total. The lowest BCUT2D eigenvalue weighted by Crippen LogP contribution is -2.47. The second-order valence-corrected chi connectivity index (χ2v) is 6.32. The van der Waals surface area contributed by atoms with E-state index in [-0.39, 0.29) is 24.8 Å². The van der Waals surface area contributed by atoms with Crippen LogP contribution in [0.3, 0.4) is 0 Å². The van der Waals surface area contributed by atoms with Gasteiger partial charge < -0.3 is 10.1 Å². The highest BCUT2D eigenvalue weighted by molar-refractivity contribution is 9.10. The van der Waals surface area contributed by atoms with Crippen molar-refractivity contribution < 1.29 is 4.74 Å². The van der Waals surface area contributed by atoms with Gasteiger partial charge in [0.1, 0.15) is 4.60 Å². The average Bonchev–Trinajstić information content (AvgIpc) is 2.52. The Hall–Kier alpha value is 0.0900. The van der Waals surface area contributed by atoms with Gasteiger partial charge in [0.2, 0.25) is 0 Å². The summed E-state index contributed by atoms with van der Waals surface area (Å²) >= 11 is 3.65. The Labute approximate surface area is 153 Å². The predicted molar refractivity (Wildman–Crippen MR) is 97.2 cm³/mol. The molecule has 3 rings (SSSR count). The Morgan fingerprint density at radius 2 is 1.91 bits per heavy atom. The highest BCUT2D eigenvalue weighted by atomic mass is 79.9. The number of pyridine rings is 1. The van der Waals surface area contributed by atoms with E-state index in [9.17, 15) is 0 Å². The molecular formula is C15H24BrCl2N3O. The van der Waals surface area contributed by atoms with E-state index in [1.54, 1.807) is 0 Å². The topological polar surface area (TPSA) is 37.4 Å². The van der Waals surface area contributed by atoms with Crippen molar-refractivity contribution in [3.63, 3.8) is 0 Å². The summed E-state index contributed by atoms with van der Waals surface area (Å²) < 4.78 is 6.54. The molecule has 4 nitrogen and oxygen atoms in total. The van der Waals surface area contributed by atoms with Crippen LogP contribution in [-0.4, -0.2) is 49.3 Å². The molecule has 2 saturated heterocycles. The van der Waals surface area contributed by atoms with Gasteiger partial charge in [0.15, 0.2) is 0 Å². The van der Waals surface area contributed by atoms with Crippen LogP contribution in [0, 0.1) is 5.92 Å². The Balaban J connectivity index is 0.00000121. The molecule has 2 aliphatic rings. The van der Waals surface area contributed by atoms with Crippen molar-refractivity contribution in [3.05, 3.63) is 28.5 Å². The van der Waals surface area contributed by atoms with E-state index in [0.29, 0.717) is 12.0 Å². The van der Waals surface area contributed by atoms with Crippen molar-refractivity contribution in [2.75, 3.05) is 39.4 Å². The summed E-state index contributed by atoms with van der Waals surface area (Å²) in [6.07, 6.45) is 4.15. The minimum absolute atomic E-state index is 0. The van der Waals surface area contributed by atoms with E-state index in [4.69, 9.17) is 4.74 Å². The fraction of sp³-hybridized carbons (Fsp3) is 0.667. The number of rotatable bonds is 3. The molecule has 2 fully saturated rings. The molecule has 0 radical (unpaired) electrons. The van der Waals surface area contributed by atoms with E-state index in [1.165, 1.54) is 5.56 Å². The lowest BCUT2D eigenvalue weighted by atomic mass is 9.86. The number of hydrogen-bond donors (Lipinski definition) is 1. The van der Waals surface area contributed by atoms with Gasteiger partial charge >= 0.3 is 0 Å². The number of aromatic nitrogens is 1. The van der Waals surface area contributed by atoms with Gasteiger partial charge in [0.05, 0.1) is 0 Å². The van der Waals surface area contributed by atoms with Crippen LogP contribution in [-0.2, 0) is 4.74 Å². The molecular weight excluding hydrogens is 389 g/mol. The van der Waals surface area contributed by atoms with Crippen molar-refractivity contribution >= 4 is 40.7 Å². The number of halogens is 3. The smallest absolute Gasteiger partial charge is 0.110 e. The molecule has 0 bridgehead atoms. The molecule has 22 heavy (non-hydrogen) atoms. The van der Waals surface area contributed by atoms with Crippen molar-refractivity contribution in [3.8, 4) is 0 Å². The molecule has 0 aliphatic carbocycles. The lowest BCUT2D eigenvalue weighted by Gasteiger charge is -2.41. The van der Waals surface area contributed by atoms with Crippen LogP contribution in [0.4, 0.5) is 0 Å². The molecule has 0 aromatic carbocycles. The van der Waals surface area contributed by atoms with Crippen LogP contribution in [0.2, 0.25) is 0 Å². The number of ether oxygens (including phenoxy) is 1. The third kappa shape index (κ3) is 4.79. The fourth-order valence-electron chi connectivity index (χ4n) is 3.36. The molecule has 126 valence electrons. The number of piperazine rings is 1. The molecule has 3 heterocycles. The first-order valence-electron chi connectivity index (χ1n) is 7.49. The minimum Gasteiger partial charge on any atom is -0.381 e. The Kier molecular flexibility index (Phi) is 9.21. The van der Waals surface area contributed by atoms with Crippen LogP contribution in [0.1, 0.15) is 24.4 Å². The second-order valence-electron chi connectivity index (χ2n) is 5.56. The standard InChI is InChI=1S/C15H22BrN3O.2ClH/c16-15-13(2-1-5-18-15)14(12-3-10-20-11-4-12)19-8-6-17-7-9-19;;/h1-2,5,12,14,17H,3-4,6-11H2;2*1H/t14-;;/m1../s1. The van der Waals surface area contributed by atoms with Crippen LogP contribution in [0.15, 0.2) is 22.9 Å². The van der Waals surface area contributed by atoms with Crippen molar-refractivity contribution in [1.82, 2.24) is 15.2 Å². The van der Waals surface area contributed by atoms with E-state index in [0.717, 1.165) is 56.8 Å². The maximum atomic E-state index is 5.55. The minimum atomic E-state index is 0. The molecule has 0 spiro atoms. The number of hydrogen-bond acceptors (Lipinski definition) is 4.